The normalized spacial score (nSPS) is 14.8. The Bertz CT molecular complexity index is 1300. The number of anilines is 1. The van der Waals surface area contributed by atoms with Crippen LogP contribution in [0.5, 0.6) is 17.2 Å². The Hall–Kier alpha value is -4.07. The van der Waals surface area contributed by atoms with Crippen LogP contribution in [0.2, 0.25) is 0 Å². The SMILES string of the molecule is CCOc1ccccc1NC(=O)c1cc2c([nH]c1=O)C[C@@H](c1ccc(OC)c(OC)c1)CC2=O. The molecule has 0 bridgehead atoms. The number of amides is 1. The Balaban J connectivity index is 1.61. The molecule has 2 aromatic carbocycles. The average molecular weight is 463 g/mol. The lowest BCUT2D eigenvalue weighted by Gasteiger charge is -2.24. The summed E-state index contributed by atoms with van der Waals surface area (Å²) in [5.74, 6) is 0.802. The van der Waals surface area contributed by atoms with Gasteiger partial charge in [-0.1, -0.05) is 18.2 Å². The first-order chi connectivity index (χ1) is 16.4. The summed E-state index contributed by atoms with van der Waals surface area (Å²) in [4.78, 5) is 41.4. The maximum Gasteiger partial charge on any atom is 0.261 e. The molecule has 0 saturated heterocycles. The zero-order valence-corrected chi connectivity index (χ0v) is 19.3. The minimum Gasteiger partial charge on any atom is -0.493 e. The molecule has 176 valence electrons. The second-order valence-corrected chi connectivity index (χ2v) is 7.93. The van der Waals surface area contributed by atoms with E-state index in [1.165, 1.54) is 6.07 Å². The topological polar surface area (TPSA) is 107 Å². The third-order valence-electron chi connectivity index (χ3n) is 5.86. The van der Waals surface area contributed by atoms with Crippen LogP contribution >= 0.6 is 0 Å². The number of rotatable bonds is 7. The van der Waals surface area contributed by atoms with Gasteiger partial charge in [0.05, 0.1) is 26.5 Å². The lowest BCUT2D eigenvalue weighted by atomic mass is 9.81. The number of carbonyl (C=O) groups is 2. The second-order valence-electron chi connectivity index (χ2n) is 7.93. The van der Waals surface area contributed by atoms with Gasteiger partial charge in [-0.25, -0.2) is 0 Å². The Kier molecular flexibility index (Phi) is 6.67. The van der Waals surface area contributed by atoms with E-state index in [2.05, 4.69) is 10.3 Å². The monoisotopic (exact) mass is 462 g/mol. The molecule has 0 radical (unpaired) electrons. The molecule has 1 atom stereocenters. The Morgan fingerprint density at radius 3 is 2.50 bits per heavy atom. The molecule has 1 aliphatic rings. The van der Waals surface area contributed by atoms with Crippen LogP contribution in [0.4, 0.5) is 5.69 Å². The number of Topliss-reactive ketones (excluding diaryl/α,β-unsaturated/α-hetero) is 1. The number of para-hydroxylation sites is 2. The van der Waals surface area contributed by atoms with Crippen LogP contribution in [0.1, 0.15) is 51.2 Å². The van der Waals surface area contributed by atoms with E-state index >= 15 is 0 Å². The number of aromatic amines is 1. The molecule has 1 amide bonds. The maximum atomic E-state index is 13.0. The van der Waals surface area contributed by atoms with E-state index in [0.29, 0.717) is 47.2 Å². The molecule has 0 unspecified atom stereocenters. The van der Waals surface area contributed by atoms with E-state index in [9.17, 15) is 14.4 Å². The highest BCUT2D eigenvalue weighted by atomic mass is 16.5. The summed E-state index contributed by atoms with van der Waals surface area (Å²) in [6, 6.07) is 13.9. The Labute approximate surface area is 196 Å². The minimum atomic E-state index is -0.606. The summed E-state index contributed by atoms with van der Waals surface area (Å²) in [6.45, 7) is 2.27. The van der Waals surface area contributed by atoms with Gasteiger partial charge in [0.1, 0.15) is 11.3 Å². The first-order valence-electron chi connectivity index (χ1n) is 11.0. The highest BCUT2D eigenvalue weighted by molar-refractivity contribution is 6.07. The summed E-state index contributed by atoms with van der Waals surface area (Å²) in [5.41, 5.74) is 1.57. The third-order valence-corrected chi connectivity index (χ3v) is 5.86. The fourth-order valence-electron chi connectivity index (χ4n) is 4.18. The maximum absolute atomic E-state index is 13.0. The summed E-state index contributed by atoms with van der Waals surface area (Å²) >= 11 is 0. The molecule has 1 aliphatic carbocycles. The number of ketones is 1. The molecule has 1 aromatic heterocycles. The number of aromatic nitrogens is 1. The van der Waals surface area contributed by atoms with Crippen molar-refractivity contribution < 1.29 is 23.8 Å². The van der Waals surface area contributed by atoms with Crippen molar-refractivity contribution in [3.05, 3.63) is 81.3 Å². The lowest BCUT2D eigenvalue weighted by molar-refractivity contribution is 0.0963. The van der Waals surface area contributed by atoms with Crippen molar-refractivity contribution in [3.63, 3.8) is 0 Å². The standard InChI is InChI=1S/C26H26N2O6/c1-4-34-22-8-6-5-7-19(22)27-25(30)18-14-17-20(28-26(18)31)11-16(12-21(17)29)15-9-10-23(32-2)24(13-15)33-3/h5-10,13-14,16H,4,11-12H2,1-3H3,(H,27,30)(H,28,31)/t16-/m1/s1. The molecule has 8 nitrogen and oxygen atoms in total. The van der Waals surface area contributed by atoms with Gasteiger partial charge in [0.15, 0.2) is 17.3 Å². The smallest absolute Gasteiger partial charge is 0.261 e. The predicted octanol–water partition coefficient (Wildman–Crippen LogP) is 3.96. The summed E-state index contributed by atoms with van der Waals surface area (Å²) < 4.78 is 16.2. The molecule has 0 spiro atoms. The molecule has 0 fully saturated rings. The first kappa shape index (κ1) is 23.1. The number of H-pyrrole nitrogens is 1. The fraction of sp³-hybridized carbons (Fsp3) is 0.269. The van der Waals surface area contributed by atoms with Crippen LogP contribution in [0.15, 0.2) is 53.3 Å². The number of pyridine rings is 1. The van der Waals surface area contributed by atoms with E-state index in [1.807, 2.05) is 19.1 Å². The molecular formula is C26H26N2O6. The van der Waals surface area contributed by atoms with Gasteiger partial charge in [-0.2, -0.15) is 0 Å². The van der Waals surface area contributed by atoms with Crippen molar-refractivity contribution in [2.24, 2.45) is 0 Å². The second kappa shape index (κ2) is 9.82. The van der Waals surface area contributed by atoms with Crippen LogP contribution in [0, 0.1) is 0 Å². The molecule has 8 heteroatoms. The van der Waals surface area contributed by atoms with Gasteiger partial charge in [0.2, 0.25) is 0 Å². The number of ether oxygens (including phenoxy) is 3. The van der Waals surface area contributed by atoms with Crippen LogP contribution in [0.3, 0.4) is 0 Å². The van der Waals surface area contributed by atoms with Gasteiger partial charge < -0.3 is 24.5 Å². The lowest BCUT2D eigenvalue weighted by Crippen LogP contribution is -2.29. The van der Waals surface area contributed by atoms with E-state index in [-0.39, 0.29) is 23.7 Å². The highest BCUT2D eigenvalue weighted by Gasteiger charge is 2.29. The zero-order valence-electron chi connectivity index (χ0n) is 19.3. The minimum absolute atomic E-state index is 0.122. The van der Waals surface area contributed by atoms with Crippen molar-refractivity contribution in [1.29, 1.82) is 0 Å². The molecule has 2 N–H and O–H groups in total. The molecule has 4 rings (SSSR count). The predicted molar refractivity (Wildman–Crippen MR) is 128 cm³/mol. The van der Waals surface area contributed by atoms with E-state index in [4.69, 9.17) is 14.2 Å². The Morgan fingerprint density at radius 2 is 1.76 bits per heavy atom. The molecule has 3 aromatic rings. The number of hydrogen-bond acceptors (Lipinski definition) is 6. The van der Waals surface area contributed by atoms with Gasteiger partial charge in [-0.15, -0.1) is 0 Å². The number of carbonyl (C=O) groups excluding carboxylic acids is 2. The number of fused-ring (bicyclic) bond motifs is 1. The summed E-state index contributed by atoms with van der Waals surface area (Å²) in [6.07, 6.45) is 0.712. The van der Waals surface area contributed by atoms with Crippen LogP contribution < -0.4 is 25.1 Å². The summed E-state index contributed by atoms with van der Waals surface area (Å²) in [7, 11) is 3.12. The van der Waals surface area contributed by atoms with E-state index in [1.54, 1.807) is 44.6 Å². The number of benzene rings is 2. The summed E-state index contributed by atoms with van der Waals surface area (Å²) in [5, 5.41) is 2.71. The van der Waals surface area contributed by atoms with Gasteiger partial charge >= 0.3 is 0 Å². The van der Waals surface area contributed by atoms with Crippen molar-refractivity contribution in [2.75, 3.05) is 26.1 Å². The number of nitrogens with one attached hydrogen (secondary N) is 2. The van der Waals surface area contributed by atoms with Crippen LogP contribution in [-0.4, -0.2) is 37.5 Å². The van der Waals surface area contributed by atoms with Gasteiger partial charge in [-0.05, 0) is 55.2 Å². The molecule has 0 saturated carbocycles. The van der Waals surface area contributed by atoms with E-state index < -0.39 is 11.5 Å². The zero-order chi connectivity index (χ0) is 24.2. The van der Waals surface area contributed by atoms with Crippen molar-refractivity contribution >= 4 is 17.4 Å². The number of hydrogen-bond donors (Lipinski definition) is 2. The third kappa shape index (κ3) is 4.52. The highest BCUT2D eigenvalue weighted by Crippen LogP contribution is 2.36. The quantitative estimate of drug-likeness (QED) is 0.551. The molecule has 0 aliphatic heterocycles. The average Bonchev–Trinajstić information content (AvgIpc) is 2.84. The Morgan fingerprint density at radius 1 is 1.00 bits per heavy atom. The molecule has 1 heterocycles. The van der Waals surface area contributed by atoms with Gasteiger partial charge in [0, 0.05) is 17.7 Å². The van der Waals surface area contributed by atoms with Gasteiger partial charge in [-0.3, -0.25) is 14.4 Å². The van der Waals surface area contributed by atoms with Crippen molar-refractivity contribution in [1.82, 2.24) is 4.98 Å². The van der Waals surface area contributed by atoms with Crippen molar-refractivity contribution in [3.8, 4) is 17.2 Å². The molecular weight excluding hydrogens is 436 g/mol. The van der Waals surface area contributed by atoms with Crippen LogP contribution in [0.25, 0.3) is 0 Å². The first-order valence-corrected chi connectivity index (χ1v) is 11.0. The molecule has 34 heavy (non-hydrogen) atoms. The fourth-order valence-corrected chi connectivity index (χ4v) is 4.18. The van der Waals surface area contributed by atoms with Crippen LogP contribution in [-0.2, 0) is 6.42 Å². The van der Waals surface area contributed by atoms with Crippen molar-refractivity contribution in [2.45, 2.75) is 25.7 Å². The van der Waals surface area contributed by atoms with E-state index in [0.717, 1.165) is 5.56 Å². The number of methoxy groups -OCH3 is 2. The van der Waals surface area contributed by atoms with Gasteiger partial charge in [0.25, 0.3) is 11.5 Å². The largest absolute Gasteiger partial charge is 0.493 e.